The van der Waals surface area contributed by atoms with Crippen molar-refractivity contribution >= 4 is 23.5 Å². The summed E-state index contributed by atoms with van der Waals surface area (Å²) in [6, 6.07) is 5.17. The Morgan fingerprint density at radius 2 is 2.00 bits per heavy atom. The van der Waals surface area contributed by atoms with E-state index >= 15 is 0 Å². The number of likely N-dealkylation sites (N-methyl/N-ethyl adjacent to an activating group) is 1. The fourth-order valence-corrected chi connectivity index (χ4v) is 3.77. The van der Waals surface area contributed by atoms with E-state index in [2.05, 4.69) is 6.07 Å². The lowest BCUT2D eigenvalue weighted by atomic mass is 9.81. The van der Waals surface area contributed by atoms with Gasteiger partial charge in [-0.1, -0.05) is 30.9 Å². The number of hydrogen-bond donors (Lipinski definition) is 0. The molecule has 0 aromatic heterocycles. The number of nitriles is 1. The number of esters is 1. The van der Waals surface area contributed by atoms with Gasteiger partial charge in [-0.05, 0) is 31.9 Å². The number of rotatable bonds is 4. The van der Waals surface area contributed by atoms with Crippen LogP contribution in [0.5, 0.6) is 11.5 Å². The lowest BCUT2D eigenvalue weighted by Crippen LogP contribution is -2.53. The summed E-state index contributed by atoms with van der Waals surface area (Å²) < 4.78 is 15.8. The summed E-state index contributed by atoms with van der Waals surface area (Å²) in [5.74, 6) is -0.362. The molecule has 3 rings (SSSR count). The third-order valence-corrected chi connectivity index (χ3v) is 5.44. The van der Waals surface area contributed by atoms with Gasteiger partial charge in [-0.2, -0.15) is 5.26 Å². The van der Waals surface area contributed by atoms with Gasteiger partial charge in [0.25, 0.3) is 5.91 Å². The first-order valence-electron chi connectivity index (χ1n) is 8.87. The summed E-state index contributed by atoms with van der Waals surface area (Å²) in [6.45, 7) is 1.53. The van der Waals surface area contributed by atoms with E-state index in [0.717, 1.165) is 19.3 Å². The van der Waals surface area contributed by atoms with Gasteiger partial charge in [0.05, 0.1) is 16.7 Å². The van der Waals surface area contributed by atoms with E-state index < -0.39 is 23.5 Å². The normalized spacial score (nSPS) is 18.3. The molecule has 1 saturated carbocycles. The van der Waals surface area contributed by atoms with Gasteiger partial charge in [0.2, 0.25) is 6.79 Å². The Morgan fingerprint density at radius 1 is 1.30 bits per heavy atom. The highest BCUT2D eigenvalue weighted by Crippen LogP contribution is 2.40. The Balaban J connectivity index is 1.70. The van der Waals surface area contributed by atoms with E-state index in [1.165, 1.54) is 24.0 Å². The molecule has 1 heterocycles. The van der Waals surface area contributed by atoms with Crippen molar-refractivity contribution in [3.8, 4) is 17.6 Å². The molecular formula is C19H21ClN2O5. The van der Waals surface area contributed by atoms with Crippen LogP contribution in [-0.2, 0) is 9.53 Å². The molecule has 144 valence electrons. The van der Waals surface area contributed by atoms with E-state index in [1.54, 1.807) is 7.05 Å². The van der Waals surface area contributed by atoms with E-state index in [1.807, 2.05) is 0 Å². The summed E-state index contributed by atoms with van der Waals surface area (Å²) in [7, 11) is 1.60. The molecule has 1 aromatic carbocycles. The third kappa shape index (κ3) is 3.67. The first-order chi connectivity index (χ1) is 12.9. The van der Waals surface area contributed by atoms with E-state index in [0.29, 0.717) is 24.3 Å². The SMILES string of the molecule is C[C@H](OC(=O)c1cc(Cl)c2c(c1)OCO2)C(=O)N(C)C1(C#N)CCCCC1. The van der Waals surface area contributed by atoms with E-state index in [9.17, 15) is 14.9 Å². The van der Waals surface area contributed by atoms with Gasteiger partial charge in [0.15, 0.2) is 17.6 Å². The third-order valence-electron chi connectivity index (χ3n) is 5.16. The van der Waals surface area contributed by atoms with Crippen LogP contribution in [0.2, 0.25) is 5.02 Å². The van der Waals surface area contributed by atoms with Crippen molar-refractivity contribution in [1.82, 2.24) is 4.90 Å². The molecule has 0 saturated heterocycles. The van der Waals surface area contributed by atoms with Gasteiger partial charge in [-0.25, -0.2) is 4.79 Å². The molecule has 1 aliphatic carbocycles. The monoisotopic (exact) mass is 392 g/mol. The number of benzene rings is 1. The number of amides is 1. The van der Waals surface area contributed by atoms with Crippen LogP contribution in [0.15, 0.2) is 12.1 Å². The van der Waals surface area contributed by atoms with Crippen LogP contribution in [-0.4, -0.2) is 42.3 Å². The molecule has 1 amide bonds. The Bertz CT molecular complexity index is 798. The second-order valence-corrected chi connectivity index (χ2v) is 7.25. The summed E-state index contributed by atoms with van der Waals surface area (Å²) in [5, 5.41) is 9.87. The Labute approximate surface area is 162 Å². The average molecular weight is 393 g/mol. The smallest absolute Gasteiger partial charge is 0.339 e. The number of halogens is 1. The topological polar surface area (TPSA) is 88.9 Å². The van der Waals surface area contributed by atoms with Crippen molar-refractivity contribution in [3.63, 3.8) is 0 Å². The average Bonchev–Trinajstić information content (AvgIpc) is 3.16. The van der Waals surface area contributed by atoms with Crippen molar-refractivity contribution in [1.29, 1.82) is 5.26 Å². The van der Waals surface area contributed by atoms with Crippen LogP contribution in [0, 0.1) is 11.3 Å². The largest absolute Gasteiger partial charge is 0.454 e. The molecule has 1 aromatic rings. The minimum absolute atomic E-state index is 0.0312. The van der Waals surface area contributed by atoms with Crippen molar-refractivity contribution < 1.29 is 23.8 Å². The molecule has 2 aliphatic rings. The molecule has 0 spiro atoms. The molecule has 7 nitrogen and oxygen atoms in total. The molecule has 0 bridgehead atoms. The lowest BCUT2D eigenvalue weighted by Gasteiger charge is -2.39. The second kappa shape index (κ2) is 7.65. The summed E-state index contributed by atoms with van der Waals surface area (Å²) in [4.78, 5) is 26.6. The Kier molecular flexibility index (Phi) is 5.47. The Morgan fingerprint density at radius 3 is 2.67 bits per heavy atom. The molecule has 1 atom stereocenters. The zero-order valence-corrected chi connectivity index (χ0v) is 16.0. The van der Waals surface area contributed by atoms with Crippen LogP contribution < -0.4 is 9.47 Å². The lowest BCUT2D eigenvalue weighted by molar-refractivity contribution is -0.143. The van der Waals surface area contributed by atoms with Crippen molar-refractivity contribution in [3.05, 3.63) is 22.7 Å². The van der Waals surface area contributed by atoms with Crippen LogP contribution >= 0.6 is 11.6 Å². The first kappa shape index (κ1) is 19.3. The zero-order chi connectivity index (χ0) is 19.6. The van der Waals surface area contributed by atoms with Crippen LogP contribution in [0.3, 0.4) is 0 Å². The van der Waals surface area contributed by atoms with Crippen molar-refractivity contribution in [2.75, 3.05) is 13.8 Å². The number of ether oxygens (including phenoxy) is 3. The first-order valence-corrected chi connectivity index (χ1v) is 9.25. The van der Waals surface area contributed by atoms with E-state index in [-0.39, 0.29) is 17.4 Å². The highest BCUT2D eigenvalue weighted by Gasteiger charge is 2.40. The Hall–Kier alpha value is -2.46. The highest BCUT2D eigenvalue weighted by atomic mass is 35.5. The molecule has 27 heavy (non-hydrogen) atoms. The zero-order valence-electron chi connectivity index (χ0n) is 15.3. The van der Waals surface area contributed by atoms with Gasteiger partial charge in [-0.3, -0.25) is 4.79 Å². The van der Waals surface area contributed by atoms with Gasteiger partial charge in [0.1, 0.15) is 5.54 Å². The van der Waals surface area contributed by atoms with E-state index in [4.69, 9.17) is 25.8 Å². The fourth-order valence-electron chi connectivity index (χ4n) is 3.51. The maximum Gasteiger partial charge on any atom is 0.339 e. The molecule has 0 N–H and O–H groups in total. The molecule has 0 unspecified atom stereocenters. The fraction of sp³-hybridized carbons (Fsp3) is 0.526. The van der Waals surface area contributed by atoms with Crippen molar-refractivity contribution in [2.24, 2.45) is 0 Å². The minimum atomic E-state index is -1.03. The number of fused-ring (bicyclic) bond motifs is 1. The predicted molar refractivity (Wildman–Crippen MR) is 96.7 cm³/mol. The summed E-state index contributed by atoms with van der Waals surface area (Å²) in [6.07, 6.45) is 3.08. The van der Waals surface area contributed by atoms with Gasteiger partial charge < -0.3 is 19.1 Å². The van der Waals surface area contributed by atoms with Crippen LogP contribution in [0.4, 0.5) is 0 Å². The van der Waals surface area contributed by atoms with Gasteiger partial charge in [-0.15, -0.1) is 0 Å². The molecule has 8 heteroatoms. The highest BCUT2D eigenvalue weighted by molar-refractivity contribution is 6.32. The van der Waals surface area contributed by atoms with Gasteiger partial charge in [0, 0.05) is 7.05 Å². The van der Waals surface area contributed by atoms with Crippen LogP contribution in [0.1, 0.15) is 49.4 Å². The summed E-state index contributed by atoms with van der Waals surface area (Å²) in [5.41, 5.74) is -0.669. The summed E-state index contributed by atoms with van der Waals surface area (Å²) >= 11 is 6.08. The quantitative estimate of drug-likeness (QED) is 0.730. The maximum atomic E-state index is 12.8. The second-order valence-electron chi connectivity index (χ2n) is 6.84. The molecule has 1 aliphatic heterocycles. The van der Waals surface area contributed by atoms with Crippen LogP contribution in [0.25, 0.3) is 0 Å². The number of carbonyl (C=O) groups is 2. The number of nitrogens with zero attached hydrogens (tertiary/aromatic N) is 2. The van der Waals surface area contributed by atoms with Crippen molar-refractivity contribution in [2.45, 2.75) is 50.7 Å². The maximum absolute atomic E-state index is 12.8. The van der Waals surface area contributed by atoms with Gasteiger partial charge >= 0.3 is 5.97 Å². The molecule has 0 radical (unpaired) electrons. The minimum Gasteiger partial charge on any atom is -0.454 e. The molecular weight excluding hydrogens is 372 g/mol. The predicted octanol–water partition coefficient (Wildman–Crippen LogP) is 3.30. The number of carbonyl (C=O) groups excluding carboxylic acids is 2. The standard InChI is InChI=1S/C19H21ClN2O5/c1-12(17(23)22(2)19(10-21)6-4-3-5-7-19)27-18(24)13-8-14(20)16-15(9-13)25-11-26-16/h8-9,12H,3-7,11H2,1-2H3/t12-/m0/s1. The molecule has 1 fully saturated rings. The number of hydrogen-bond acceptors (Lipinski definition) is 6.